The fourth-order valence-corrected chi connectivity index (χ4v) is 2.63. The largest absolute Gasteiger partial charge is 0.504 e. The predicted octanol–water partition coefficient (Wildman–Crippen LogP) is 2.08. The van der Waals surface area contributed by atoms with Gasteiger partial charge >= 0.3 is 0 Å². The summed E-state index contributed by atoms with van der Waals surface area (Å²) in [4.78, 5) is 25.4. The minimum Gasteiger partial charge on any atom is -0.504 e. The van der Waals surface area contributed by atoms with Gasteiger partial charge in [0.1, 0.15) is 12.7 Å². The number of nitrogens with zero attached hydrogens (tertiary/aromatic N) is 1. The standard InChI is InChI=1S/C17H14ClNO5/c18-10-5-6-15(14(21)7-10)24-9-11(20)8-19-16(22)12-3-1-2-4-13(12)17(19)23/h1-7,11,20-21H,8-9H2. The molecule has 2 amide bonds. The number of hydrogen-bond acceptors (Lipinski definition) is 5. The first-order valence-corrected chi connectivity index (χ1v) is 7.60. The van der Waals surface area contributed by atoms with Gasteiger partial charge in [-0.1, -0.05) is 23.7 Å². The van der Waals surface area contributed by atoms with Crippen LogP contribution < -0.4 is 4.74 Å². The molecule has 6 nitrogen and oxygen atoms in total. The van der Waals surface area contributed by atoms with Crippen molar-refractivity contribution in [2.24, 2.45) is 0 Å². The summed E-state index contributed by atoms with van der Waals surface area (Å²) in [7, 11) is 0. The number of ether oxygens (including phenoxy) is 1. The highest BCUT2D eigenvalue weighted by molar-refractivity contribution is 6.30. The van der Waals surface area contributed by atoms with Gasteiger partial charge in [-0.25, -0.2) is 0 Å². The maximum absolute atomic E-state index is 12.2. The van der Waals surface area contributed by atoms with Crippen LogP contribution in [0.3, 0.4) is 0 Å². The molecule has 1 aliphatic heterocycles. The maximum atomic E-state index is 12.2. The van der Waals surface area contributed by atoms with Gasteiger partial charge in [0.2, 0.25) is 0 Å². The van der Waals surface area contributed by atoms with Gasteiger partial charge in [-0.05, 0) is 24.3 Å². The van der Waals surface area contributed by atoms with Crippen LogP contribution in [0.15, 0.2) is 42.5 Å². The summed E-state index contributed by atoms with van der Waals surface area (Å²) in [5.41, 5.74) is 0.650. The summed E-state index contributed by atoms with van der Waals surface area (Å²) >= 11 is 5.72. The van der Waals surface area contributed by atoms with Crippen LogP contribution in [0.1, 0.15) is 20.7 Å². The second-order valence-electron chi connectivity index (χ2n) is 5.34. The number of phenols is 1. The topological polar surface area (TPSA) is 87.1 Å². The number of aliphatic hydroxyl groups excluding tert-OH is 1. The van der Waals surface area contributed by atoms with E-state index in [9.17, 15) is 19.8 Å². The molecule has 0 radical (unpaired) electrons. The van der Waals surface area contributed by atoms with Crippen molar-refractivity contribution in [3.05, 3.63) is 58.6 Å². The predicted molar refractivity (Wildman–Crippen MR) is 86.4 cm³/mol. The summed E-state index contributed by atoms with van der Waals surface area (Å²) in [6.07, 6.45) is -1.10. The Hall–Kier alpha value is -2.57. The van der Waals surface area contributed by atoms with Gasteiger partial charge in [-0.15, -0.1) is 0 Å². The third kappa shape index (κ3) is 3.06. The van der Waals surface area contributed by atoms with Gasteiger partial charge in [-0.2, -0.15) is 0 Å². The Bertz CT molecular complexity index is 772. The fourth-order valence-electron chi connectivity index (χ4n) is 2.47. The van der Waals surface area contributed by atoms with Gasteiger partial charge < -0.3 is 14.9 Å². The molecule has 2 aromatic rings. The number of halogens is 1. The Balaban J connectivity index is 1.63. The normalized spacial score (nSPS) is 14.7. The smallest absolute Gasteiger partial charge is 0.261 e. The number of aliphatic hydroxyl groups is 1. The lowest BCUT2D eigenvalue weighted by molar-refractivity contribution is 0.0453. The summed E-state index contributed by atoms with van der Waals surface area (Å²) in [5.74, 6) is -0.885. The Morgan fingerprint density at radius 1 is 1.08 bits per heavy atom. The number of β-amino-alcohol motifs (C(OH)–C–C–N with tert-alkyl or cyclic N) is 1. The molecule has 7 heteroatoms. The van der Waals surface area contributed by atoms with Crippen molar-refractivity contribution in [3.63, 3.8) is 0 Å². The van der Waals surface area contributed by atoms with E-state index in [2.05, 4.69) is 0 Å². The molecule has 2 aromatic carbocycles. The third-order valence-electron chi connectivity index (χ3n) is 3.62. The van der Waals surface area contributed by atoms with E-state index in [1.54, 1.807) is 24.3 Å². The van der Waals surface area contributed by atoms with Crippen molar-refractivity contribution in [1.29, 1.82) is 0 Å². The molecule has 24 heavy (non-hydrogen) atoms. The first-order valence-electron chi connectivity index (χ1n) is 7.22. The van der Waals surface area contributed by atoms with Crippen LogP contribution in [-0.4, -0.2) is 46.2 Å². The summed E-state index contributed by atoms with van der Waals surface area (Å²) in [5, 5.41) is 20.1. The van der Waals surface area contributed by atoms with E-state index in [4.69, 9.17) is 16.3 Å². The Morgan fingerprint density at radius 2 is 1.71 bits per heavy atom. The average Bonchev–Trinajstić information content (AvgIpc) is 2.79. The molecule has 0 fully saturated rings. The molecule has 1 heterocycles. The molecular weight excluding hydrogens is 334 g/mol. The van der Waals surface area contributed by atoms with Crippen molar-refractivity contribution in [1.82, 2.24) is 4.90 Å². The monoisotopic (exact) mass is 347 g/mol. The molecular formula is C17H14ClNO5. The molecule has 2 N–H and O–H groups in total. The van der Waals surface area contributed by atoms with E-state index < -0.39 is 17.9 Å². The number of phenolic OH excluding ortho intramolecular Hbond substituents is 1. The van der Waals surface area contributed by atoms with E-state index in [0.29, 0.717) is 16.1 Å². The van der Waals surface area contributed by atoms with E-state index in [0.717, 1.165) is 4.90 Å². The molecule has 1 aliphatic rings. The van der Waals surface area contributed by atoms with Crippen LogP contribution in [0.2, 0.25) is 5.02 Å². The maximum Gasteiger partial charge on any atom is 0.261 e. The number of imide groups is 1. The Morgan fingerprint density at radius 3 is 2.29 bits per heavy atom. The average molecular weight is 348 g/mol. The third-order valence-corrected chi connectivity index (χ3v) is 3.86. The van der Waals surface area contributed by atoms with Crippen molar-refractivity contribution >= 4 is 23.4 Å². The second-order valence-corrected chi connectivity index (χ2v) is 5.78. The summed E-state index contributed by atoms with van der Waals surface area (Å²) in [6, 6.07) is 10.8. The second kappa shape index (κ2) is 6.51. The quantitative estimate of drug-likeness (QED) is 0.809. The van der Waals surface area contributed by atoms with Crippen LogP contribution in [-0.2, 0) is 0 Å². The fraction of sp³-hybridized carbons (Fsp3) is 0.176. The lowest BCUT2D eigenvalue weighted by atomic mass is 10.1. The Kier molecular flexibility index (Phi) is 4.42. The molecule has 1 unspecified atom stereocenters. The number of carbonyl (C=O) groups is 2. The minimum atomic E-state index is -1.10. The first-order chi connectivity index (χ1) is 11.5. The number of aromatic hydroxyl groups is 1. The molecule has 124 valence electrons. The van der Waals surface area contributed by atoms with Gasteiger partial charge in [0.05, 0.1) is 17.7 Å². The number of benzene rings is 2. The Labute approximate surface area is 142 Å². The SMILES string of the molecule is O=C1c2ccccc2C(=O)N1CC(O)COc1ccc(Cl)cc1O. The number of rotatable bonds is 5. The number of hydrogen-bond donors (Lipinski definition) is 2. The highest BCUT2D eigenvalue weighted by atomic mass is 35.5. The van der Waals surface area contributed by atoms with Gasteiger partial charge in [0, 0.05) is 11.1 Å². The lowest BCUT2D eigenvalue weighted by Gasteiger charge is -2.19. The molecule has 0 spiro atoms. The highest BCUT2D eigenvalue weighted by Crippen LogP contribution is 2.29. The van der Waals surface area contributed by atoms with Gasteiger partial charge in [0.15, 0.2) is 11.5 Å². The van der Waals surface area contributed by atoms with E-state index in [1.165, 1.54) is 18.2 Å². The van der Waals surface area contributed by atoms with Gasteiger partial charge in [-0.3, -0.25) is 14.5 Å². The van der Waals surface area contributed by atoms with Crippen molar-refractivity contribution in [2.75, 3.05) is 13.2 Å². The zero-order valence-electron chi connectivity index (χ0n) is 12.5. The molecule has 3 rings (SSSR count). The highest BCUT2D eigenvalue weighted by Gasteiger charge is 2.36. The molecule has 0 aliphatic carbocycles. The van der Waals surface area contributed by atoms with Crippen LogP contribution in [0.5, 0.6) is 11.5 Å². The van der Waals surface area contributed by atoms with E-state index >= 15 is 0 Å². The molecule has 1 atom stereocenters. The first kappa shape index (κ1) is 16.3. The van der Waals surface area contributed by atoms with Crippen LogP contribution in [0.25, 0.3) is 0 Å². The number of fused-ring (bicyclic) bond motifs is 1. The van der Waals surface area contributed by atoms with E-state index in [-0.39, 0.29) is 24.7 Å². The summed E-state index contributed by atoms with van der Waals surface area (Å²) in [6.45, 7) is -0.386. The minimum absolute atomic E-state index is 0.154. The van der Waals surface area contributed by atoms with Crippen molar-refractivity contribution < 1.29 is 24.5 Å². The van der Waals surface area contributed by atoms with Crippen molar-refractivity contribution in [2.45, 2.75) is 6.10 Å². The summed E-state index contributed by atoms with van der Waals surface area (Å²) < 4.78 is 5.30. The zero-order valence-corrected chi connectivity index (χ0v) is 13.2. The van der Waals surface area contributed by atoms with Crippen LogP contribution >= 0.6 is 11.6 Å². The van der Waals surface area contributed by atoms with E-state index in [1.807, 2.05) is 0 Å². The van der Waals surface area contributed by atoms with Gasteiger partial charge in [0.25, 0.3) is 11.8 Å². The lowest BCUT2D eigenvalue weighted by Crippen LogP contribution is -2.39. The van der Waals surface area contributed by atoms with Crippen molar-refractivity contribution in [3.8, 4) is 11.5 Å². The number of amides is 2. The molecule has 0 bridgehead atoms. The van der Waals surface area contributed by atoms with Crippen LogP contribution in [0, 0.1) is 0 Å². The molecule has 0 aromatic heterocycles. The van der Waals surface area contributed by atoms with Crippen LogP contribution in [0.4, 0.5) is 0 Å². The zero-order chi connectivity index (χ0) is 17.3. The molecule has 0 saturated carbocycles. The number of carbonyl (C=O) groups excluding carboxylic acids is 2. The molecule has 0 saturated heterocycles.